The van der Waals surface area contributed by atoms with Crippen LogP contribution in [0.15, 0.2) is 18.2 Å². The van der Waals surface area contributed by atoms with E-state index < -0.39 is 35.9 Å². The highest BCUT2D eigenvalue weighted by Crippen LogP contribution is 2.43. The third-order valence-electron chi connectivity index (χ3n) is 3.99. The van der Waals surface area contributed by atoms with E-state index in [4.69, 9.17) is 9.84 Å². The molecular formula is C15H19F5N2O2. The number of aliphatic hydroxyl groups excluding tert-OH is 1. The molecule has 2 N–H and O–H groups in total. The monoisotopic (exact) mass is 354 g/mol. The van der Waals surface area contributed by atoms with E-state index in [1.54, 1.807) is 0 Å². The lowest BCUT2D eigenvalue weighted by molar-refractivity contribution is -0.145. The number of nitrogens with one attached hydrogen (secondary N) is 1. The van der Waals surface area contributed by atoms with E-state index in [-0.39, 0.29) is 18.8 Å². The normalized spacial score (nSPS) is 18.5. The van der Waals surface area contributed by atoms with Crippen molar-refractivity contribution in [2.75, 3.05) is 39.9 Å². The van der Waals surface area contributed by atoms with Crippen LogP contribution < -0.4 is 10.1 Å². The summed E-state index contributed by atoms with van der Waals surface area (Å²) in [5.41, 5.74) is -1.75. The molecule has 0 saturated carbocycles. The molecular weight excluding hydrogens is 335 g/mol. The average molecular weight is 354 g/mol. The molecule has 9 heteroatoms. The van der Waals surface area contributed by atoms with Gasteiger partial charge in [0.25, 0.3) is 5.92 Å². The van der Waals surface area contributed by atoms with Crippen LogP contribution in [0.1, 0.15) is 17.2 Å². The van der Waals surface area contributed by atoms with Gasteiger partial charge < -0.3 is 15.2 Å². The number of halogens is 5. The predicted molar refractivity (Wildman–Crippen MR) is 77.2 cm³/mol. The van der Waals surface area contributed by atoms with Gasteiger partial charge in [-0.05, 0) is 17.7 Å². The van der Waals surface area contributed by atoms with Crippen LogP contribution in [-0.2, 0) is 6.18 Å². The Balaban J connectivity index is 2.56. The number of benzene rings is 1. The van der Waals surface area contributed by atoms with Crippen molar-refractivity contribution in [1.29, 1.82) is 0 Å². The average Bonchev–Trinajstić information content (AvgIpc) is 2.55. The van der Waals surface area contributed by atoms with Gasteiger partial charge in [-0.15, -0.1) is 0 Å². The van der Waals surface area contributed by atoms with Gasteiger partial charge in [0, 0.05) is 26.2 Å². The second-order valence-corrected chi connectivity index (χ2v) is 5.56. The summed E-state index contributed by atoms with van der Waals surface area (Å²) in [5.74, 6) is -3.79. The first-order valence-electron chi connectivity index (χ1n) is 7.39. The van der Waals surface area contributed by atoms with Gasteiger partial charge in [0.2, 0.25) is 0 Å². The van der Waals surface area contributed by atoms with E-state index in [9.17, 15) is 22.0 Å². The number of rotatable bonds is 5. The fraction of sp³-hybridized carbons (Fsp3) is 0.600. The number of ether oxygens (including phenoxy) is 1. The Bertz CT molecular complexity index is 559. The highest BCUT2D eigenvalue weighted by molar-refractivity contribution is 5.40. The van der Waals surface area contributed by atoms with Crippen molar-refractivity contribution in [1.82, 2.24) is 10.2 Å². The Labute approximate surface area is 136 Å². The first-order valence-corrected chi connectivity index (χ1v) is 7.39. The fourth-order valence-corrected chi connectivity index (χ4v) is 2.86. The van der Waals surface area contributed by atoms with Crippen LogP contribution >= 0.6 is 0 Å². The molecule has 136 valence electrons. The number of hydrogen-bond acceptors (Lipinski definition) is 4. The second kappa shape index (κ2) is 7.20. The van der Waals surface area contributed by atoms with Gasteiger partial charge in [-0.2, -0.15) is 13.2 Å². The van der Waals surface area contributed by atoms with Crippen molar-refractivity contribution >= 4 is 0 Å². The van der Waals surface area contributed by atoms with E-state index in [2.05, 4.69) is 5.32 Å². The molecule has 1 aliphatic rings. The first-order chi connectivity index (χ1) is 11.2. The highest BCUT2D eigenvalue weighted by atomic mass is 19.4. The van der Waals surface area contributed by atoms with Gasteiger partial charge in [0.15, 0.2) is 0 Å². The molecule has 1 fully saturated rings. The number of alkyl halides is 5. The Morgan fingerprint density at radius 2 is 1.83 bits per heavy atom. The van der Waals surface area contributed by atoms with Crippen molar-refractivity contribution in [3.8, 4) is 5.75 Å². The lowest BCUT2D eigenvalue weighted by atomic mass is 9.93. The quantitative estimate of drug-likeness (QED) is 0.797. The zero-order chi connectivity index (χ0) is 18.0. The number of methoxy groups -OCH3 is 1. The molecule has 1 atom stereocenters. The molecule has 1 saturated heterocycles. The van der Waals surface area contributed by atoms with Gasteiger partial charge in [0.05, 0.1) is 12.7 Å². The molecule has 1 heterocycles. The molecule has 0 spiro atoms. The second-order valence-electron chi connectivity index (χ2n) is 5.56. The minimum absolute atomic E-state index is 0.0718. The molecule has 0 aromatic heterocycles. The summed E-state index contributed by atoms with van der Waals surface area (Å²) in [5, 5.41) is 12.0. The van der Waals surface area contributed by atoms with Crippen LogP contribution in [0.5, 0.6) is 5.75 Å². The number of nitrogens with zero attached hydrogens (tertiary/aromatic N) is 1. The summed E-state index contributed by atoms with van der Waals surface area (Å²) in [6.45, 7) is -0.455. The fourth-order valence-electron chi connectivity index (χ4n) is 2.86. The summed E-state index contributed by atoms with van der Waals surface area (Å²) in [6.07, 6.45) is -4.82. The third kappa shape index (κ3) is 3.96. The van der Waals surface area contributed by atoms with Crippen molar-refractivity contribution < 1.29 is 31.8 Å². The van der Waals surface area contributed by atoms with E-state index in [1.165, 1.54) is 18.1 Å². The number of hydrogen-bond donors (Lipinski definition) is 2. The Hall–Kier alpha value is -1.45. The van der Waals surface area contributed by atoms with Gasteiger partial charge in [-0.3, -0.25) is 4.90 Å². The van der Waals surface area contributed by atoms with E-state index in [0.717, 1.165) is 6.07 Å². The molecule has 1 aromatic carbocycles. The summed E-state index contributed by atoms with van der Waals surface area (Å²) in [7, 11) is 1.20. The lowest BCUT2D eigenvalue weighted by Gasteiger charge is -2.39. The van der Waals surface area contributed by atoms with Crippen molar-refractivity contribution in [2.24, 2.45) is 0 Å². The highest BCUT2D eigenvalue weighted by Gasteiger charge is 2.48. The van der Waals surface area contributed by atoms with Crippen LogP contribution in [0.25, 0.3) is 0 Å². The zero-order valence-electron chi connectivity index (χ0n) is 13.0. The number of piperazine rings is 1. The first kappa shape index (κ1) is 18.9. The minimum Gasteiger partial charge on any atom is -0.497 e. The summed E-state index contributed by atoms with van der Waals surface area (Å²) in [6, 6.07) is 1.05. The van der Waals surface area contributed by atoms with Crippen molar-refractivity contribution in [2.45, 2.75) is 18.1 Å². The molecule has 2 rings (SSSR count). The minimum atomic E-state index is -4.82. The Morgan fingerprint density at radius 1 is 1.21 bits per heavy atom. The molecule has 0 unspecified atom stereocenters. The summed E-state index contributed by atoms with van der Waals surface area (Å²) in [4.78, 5) is 1.27. The Kier molecular flexibility index (Phi) is 5.67. The lowest BCUT2D eigenvalue weighted by Crippen LogP contribution is -2.51. The molecule has 1 aliphatic heterocycles. The predicted octanol–water partition coefficient (Wildman–Crippen LogP) is 2.29. The molecule has 24 heavy (non-hydrogen) atoms. The molecule has 0 radical (unpaired) electrons. The van der Waals surface area contributed by atoms with Crippen LogP contribution in [0.3, 0.4) is 0 Å². The molecule has 0 amide bonds. The largest absolute Gasteiger partial charge is 0.497 e. The van der Waals surface area contributed by atoms with Crippen LogP contribution in [0.2, 0.25) is 0 Å². The smallest absolute Gasteiger partial charge is 0.416 e. The van der Waals surface area contributed by atoms with Crippen LogP contribution in [-0.4, -0.2) is 55.8 Å². The maximum atomic E-state index is 14.3. The summed E-state index contributed by atoms with van der Waals surface area (Å²) < 4.78 is 73.6. The number of aliphatic hydroxyl groups is 1. The standard InChI is InChI=1S/C15H19F5N2O2/c1-24-10-2-3-11(12(8-10)15(18,19)20)13(14(16,17)9-23)22-6-4-21-5-7-22/h2-3,8,13,21,23H,4-7,9H2,1H3/t13-/m0/s1. The molecule has 4 nitrogen and oxygen atoms in total. The maximum Gasteiger partial charge on any atom is 0.416 e. The van der Waals surface area contributed by atoms with E-state index in [1.807, 2.05) is 0 Å². The molecule has 0 bridgehead atoms. The van der Waals surface area contributed by atoms with Crippen LogP contribution in [0.4, 0.5) is 22.0 Å². The van der Waals surface area contributed by atoms with Gasteiger partial charge in [-0.25, -0.2) is 8.78 Å². The van der Waals surface area contributed by atoms with Gasteiger partial charge >= 0.3 is 6.18 Å². The van der Waals surface area contributed by atoms with Crippen molar-refractivity contribution in [3.63, 3.8) is 0 Å². The third-order valence-corrected chi connectivity index (χ3v) is 3.99. The van der Waals surface area contributed by atoms with Gasteiger partial charge in [0.1, 0.15) is 18.4 Å². The maximum absolute atomic E-state index is 14.3. The van der Waals surface area contributed by atoms with Gasteiger partial charge in [-0.1, -0.05) is 6.07 Å². The molecule has 0 aliphatic carbocycles. The Morgan fingerprint density at radius 3 is 2.33 bits per heavy atom. The topological polar surface area (TPSA) is 44.7 Å². The van der Waals surface area contributed by atoms with E-state index >= 15 is 0 Å². The molecule has 1 aromatic rings. The van der Waals surface area contributed by atoms with Crippen LogP contribution in [0, 0.1) is 0 Å². The van der Waals surface area contributed by atoms with E-state index in [0.29, 0.717) is 19.2 Å². The SMILES string of the molecule is COc1ccc([C@H](N2CCNCC2)C(F)(F)CO)c(C(F)(F)F)c1. The summed E-state index contributed by atoms with van der Waals surface area (Å²) >= 11 is 0. The van der Waals surface area contributed by atoms with Crippen molar-refractivity contribution in [3.05, 3.63) is 29.3 Å². The zero-order valence-corrected chi connectivity index (χ0v) is 13.0.